The number of carbonyl (C=O) groups is 1. The monoisotopic (exact) mass is 701 g/mol. The Morgan fingerprint density at radius 2 is 1.29 bits per heavy atom. The predicted octanol–water partition coefficient (Wildman–Crippen LogP) is 4.19. The van der Waals surface area contributed by atoms with Crippen LogP contribution in [-0.2, 0) is 10.1 Å². The molecular formula is C35H24F4NNaO7S. The molecule has 14 heteroatoms. The Morgan fingerprint density at radius 1 is 0.796 bits per heavy atom. The van der Waals surface area contributed by atoms with Crippen molar-refractivity contribution in [3.8, 4) is 5.75 Å². The van der Waals surface area contributed by atoms with Crippen LogP contribution in [0.2, 0.25) is 0 Å². The van der Waals surface area contributed by atoms with Gasteiger partial charge in [-0.1, -0.05) is 54.6 Å². The Morgan fingerprint density at radius 3 is 1.78 bits per heavy atom. The van der Waals surface area contributed by atoms with Gasteiger partial charge in [0.05, 0.1) is 11.1 Å². The second-order valence-electron chi connectivity index (χ2n) is 10.7. The number of nitrogens with zero attached hydrogens (tertiary/aromatic N) is 1. The Bertz CT molecular complexity index is 2270. The number of hydrogen-bond donors (Lipinski definition) is 0. The van der Waals surface area contributed by atoms with E-state index >= 15 is 0 Å². The van der Waals surface area contributed by atoms with Gasteiger partial charge in [-0.3, -0.25) is 0 Å². The molecule has 0 aliphatic heterocycles. The van der Waals surface area contributed by atoms with Crippen LogP contribution in [0.3, 0.4) is 0 Å². The Hall–Kier alpha value is -4.53. The molecule has 5 rings (SSSR count). The van der Waals surface area contributed by atoms with Crippen LogP contribution in [0, 0.1) is 30.2 Å². The number of aryl methyl sites for hydroxylation is 1. The number of ether oxygens (including phenoxy) is 1. The van der Waals surface area contributed by atoms with Gasteiger partial charge in [0.2, 0.25) is 17.4 Å². The van der Waals surface area contributed by atoms with Gasteiger partial charge in [-0.2, -0.15) is 8.78 Å². The summed E-state index contributed by atoms with van der Waals surface area (Å²) >= 11 is 0. The van der Waals surface area contributed by atoms with E-state index in [4.69, 9.17) is 4.42 Å². The first kappa shape index (κ1) is 37.3. The van der Waals surface area contributed by atoms with Gasteiger partial charge in [-0.15, -0.1) is 0 Å². The van der Waals surface area contributed by atoms with Crippen LogP contribution in [0.4, 0.5) is 23.2 Å². The van der Waals surface area contributed by atoms with Gasteiger partial charge in [-0.25, -0.2) is 26.8 Å². The number of anilines is 1. The number of fused-ring (bicyclic) bond motifs is 1. The maximum atomic E-state index is 14.2. The molecule has 0 atom stereocenters. The third-order valence-electron chi connectivity index (χ3n) is 7.33. The quantitative estimate of drug-likeness (QED) is 0.0346. The zero-order valence-electron chi connectivity index (χ0n) is 26.4. The fraction of sp³-hybridized carbons (Fsp3) is 0.0857. The first-order valence-corrected chi connectivity index (χ1v) is 15.4. The minimum atomic E-state index is -5.91. The van der Waals surface area contributed by atoms with E-state index < -0.39 is 55.6 Å². The maximum absolute atomic E-state index is 14.2. The van der Waals surface area contributed by atoms with Crippen molar-refractivity contribution in [2.75, 3.05) is 19.0 Å². The molecule has 4 aromatic carbocycles. The van der Waals surface area contributed by atoms with Crippen molar-refractivity contribution in [2.24, 2.45) is 0 Å². The van der Waals surface area contributed by atoms with Crippen molar-refractivity contribution < 1.29 is 74.0 Å². The van der Waals surface area contributed by atoms with Crippen molar-refractivity contribution >= 4 is 57.0 Å². The van der Waals surface area contributed by atoms with Crippen molar-refractivity contribution in [3.63, 3.8) is 0 Å². The number of hydrogen-bond acceptors (Lipinski definition) is 8. The number of esters is 1. The SMILES string of the molecule is Cc1c(/C=C/c2ccc(/C=C/c3ccc(C(=O)Oc4c(F)c(F)c(S(=O)(=O)[O-])c(F)c4F)cc3)cc2)c(=O)oc2cc(N(C)C)ccc12.[Na+]. The fourth-order valence-corrected chi connectivity index (χ4v) is 5.32. The van der Waals surface area contributed by atoms with Crippen LogP contribution < -0.4 is 44.8 Å². The van der Waals surface area contributed by atoms with Crippen LogP contribution in [0.15, 0.2) is 80.8 Å². The van der Waals surface area contributed by atoms with E-state index in [-0.39, 0.29) is 35.1 Å². The predicted molar refractivity (Wildman–Crippen MR) is 171 cm³/mol. The second-order valence-corrected chi connectivity index (χ2v) is 12.0. The minimum absolute atomic E-state index is 0. The molecule has 8 nitrogen and oxygen atoms in total. The number of halogens is 4. The molecule has 0 fully saturated rings. The van der Waals surface area contributed by atoms with Crippen LogP contribution in [0.1, 0.15) is 38.2 Å². The minimum Gasteiger partial charge on any atom is -0.744 e. The van der Waals surface area contributed by atoms with Gasteiger partial charge in [-0.05, 0) is 59.5 Å². The average molecular weight is 702 g/mol. The third kappa shape index (κ3) is 8.03. The molecule has 0 saturated heterocycles. The van der Waals surface area contributed by atoms with E-state index in [1.165, 1.54) is 24.3 Å². The Balaban J connectivity index is 0.00000541. The van der Waals surface area contributed by atoms with Gasteiger partial charge >= 0.3 is 41.2 Å². The summed E-state index contributed by atoms with van der Waals surface area (Å²) in [6.45, 7) is 1.87. The van der Waals surface area contributed by atoms with Gasteiger partial charge in [0.25, 0.3) is 0 Å². The molecule has 5 aromatic rings. The number of benzene rings is 4. The van der Waals surface area contributed by atoms with E-state index in [1.807, 2.05) is 68.4 Å². The summed E-state index contributed by atoms with van der Waals surface area (Å²) in [4.78, 5) is 24.7. The van der Waals surface area contributed by atoms with Crippen molar-refractivity contribution in [3.05, 3.63) is 134 Å². The summed E-state index contributed by atoms with van der Waals surface area (Å²) in [5, 5.41) is 0.838. The third-order valence-corrected chi connectivity index (χ3v) is 8.19. The molecule has 0 N–H and O–H groups in total. The van der Waals surface area contributed by atoms with Crippen molar-refractivity contribution in [1.82, 2.24) is 0 Å². The molecule has 0 spiro atoms. The van der Waals surface area contributed by atoms with Crippen molar-refractivity contribution in [1.29, 1.82) is 0 Å². The van der Waals surface area contributed by atoms with Crippen LogP contribution in [-0.4, -0.2) is 33.0 Å². The molecule has 0 radical (unpaired) electrons. The summed E-state index contributed by atoms with van der Waals surface area (Å²) in [5.74, 6) is -13.0. The normalized spacial score (nSPS) is 11.7. The smallest absolute Gasteiger partial charge is 0.744 e. The molecule has 0 unspecified atom stereocenters. The van der Waals surface area contributed by atoms with Crippen LogP contribution >= 0.6 is 0 Å². The topological polar surface area (TPSA) is 117 Å². The molecule has 0 bridgehead atoms. The molecular weight excluding hydrogens is 677 g/mol. The summed E-state index contributed by atoms with van der Waals surface area (Å²) < 4.78 is 99.3. The van der Waals surface area contributed by atoms with E-state index in [1.54, 1.807) is 24.3 Å². The fourth-order valence-electron chi connectivity index (χ4n) is 4.70. The Labute approximate surface area is 300 Å². The Kier molecular flexibility index (Phi) is 11.4. The number of carbonyl (C=O) groups excluding carboxylic acids is 1. The molecule has 246 valence electrons. The number of rotatable bonds is 8. The zero-order chi connectivity index (χ0) is 34.9. The van der Waals surface area contributed by atoms with Gasteiger partial charge in [0, 0.05) is 31.2 Å². The van der Waals surface area contributed by atoms with Gasteiger partial charge < -0.3 is 18.6 Å². The first-order valence-electron chi connectivity index (χ1n) is 14.0. The zero-order valence-corrected chi connectivity index (χ0v) is 29.2. The molecule has 0 saturated carbocycles. The van der Waals surface area contributed by atoms with Crippen LogP contribution in [0.25, 0.3) is 35.3 Å². The van der Waals surface area contributed by atoms with E-state index in [2.05, 4.69) is 4.74 Å². The summed E-state index contributed by atoms with van der Waals surface area (Å²) in [6, 6.07) is 18.4. The molecule has 1 heterocycles. The summed E-state index contributed by atoms with van der Waals surface area (Å²) in [6.07, 6.45) is 6.98. The van der Waals surface area contributed by atoms with Crippen LogP contribution in [0.5, 0.6) is 5.75 Å². The molecule has 1 aromatic heterocycles. The molecule has 0 amide bonds. The van der Waals surface area contributed by atoms with E-state index in [9.17, 15) is 40.1 Å². The summed E-state index contributed by atoms with van der Waals surface area (Å²) in [7, 11) is -2.11. The summed E-state index contributed by atoms with van der Waals surface area (Å²) in [5.41, 5.74) is 4.21. The molecule has 0 aliphatic carbocycles. The first-order chi connectivity index (χ1) is 22.6. The maximum Gasteiger partial charge on any atom is 1.00 e. The second kappa shape index (κ2) is 14.9. The van der Waals surface area contributed by atoms with Crippen molar-refractivity contribution in [2.45, 2.75) is 11.8 Å². The average Bonchev–Trinajstić information content (AvgIpc) is 3.04. The largest absolute Gasteiger partial charge is 1.00 e. The van der Waals surface area contributed by atoms with E-state index in [0.717, 1.165) is 27.8 Å². The standard InChI is InChI=1S/C35H25F4NO7S.Na/c1-19-25-17-15-24(40(2)3)18-27(25)46-35(42)26(19)16-12-21-7-4-20(5-8-21)6-9-22-10-13-23(14-11-22)34(41)47-32-28(36)30(38)33(48(43,44)45)31(39)29(32)37;/h4-18H,1-3H3,(H,43,44,45);/q;+1/p-1/b9-6+,16-12+;. The van der Waals surface area contributed by atoms with Gasteiger partial charge in [0.1, 0.15) is 20.6 Å². The molecule has 0 aliphatic rings. The van der Waals surface area contributed by atoms with Gasteiger partial charge in [0.15, 0.2) is 11.6 Å². The molecule has 49 heavy (non-hydrogen) atoms. The van der Waals surface area contributed by atoms with E-state index in [0.29, 0.717) is 16.7 Å².